The monoisotopic (exact) mass is 327 g/mol. The summed E-state index contributed by atoms with van der Waals surface area (Å²) >= 11 is 0. The maximum Gasteiger partial charge on any atom is 0.433 e. The fourth-order valence-corrected chi connectivity index (χ4v) is 2.30. The van der Waals surface area contributed by atoms with Crippen molar-refractivity contribution in [2.24, 2.45) is 0 Å². The number of rotatable bonds is 4. The molecule has 0 fully saturated rings. The van der Waals surface area contributed by atoms with Crippen LogP contribution in [0.4, 0.5) is 17.6 Å². The molecule has 0 aliphatic heterocycles. The van der Waals surface area contributed by atoms with Gasteiger partial charge in [0.2, 0.25) is 0 Å². The number of halogens is 4. The van der Waals surface area contributed by atoms with Crippen LogP contribution in [0.15, 0.2) is 36.5 Å². The van der Waals surface area contributed by atoms with Crippen LogP contribution in [-0.2, 0) is 11.0 Å². The molecule has 0 saturated heterocycles. The summed E-state index contributed by atoms with van der Waals surface area (Å²) in [6, 6.07) is 5.64. The van der Waals surface area contributed by atoms with Crippen molar-refractivity contribution in [2.45, 2.75) is 19.0 Å². The van der Waals surface area contributed by atoms with Crippen LogP contribution in [-0.4, -0.2) is 17.9 Å². The summed E-state index contributed by atoms with van der Waals surface area (Å²) in [5.41, 5.74) is -0.409. The summed E-state index contributed by atoms with van der Waals surface area (Å²) in [6.45, 7) is 1.30. The minimum Gasteiger partial charge on any atom is -0.496 e. The third kappa shape index (κ3) is 3.67. The summed E-state index contributed by atoms with van der Waals surface area (Å²) in [7, 11) is 1.32. The van der Waals surface area contributed by atoms with E-state index >= 15 is 0 Å². The number of benzene rings is 1. The first-order valence-corrected chi connectivity index (χ1v) is 6.61. The number of ketones is 1. The average Bonchev–Trinajstić information content (AvgIpc) is 2.48. The Morgan fingerprint density at radius 1 is 1.22 bits per heavy atom. The molecule has 1 aromatic heterocycles. The Kier molecular flexibility index (Phi) is 4.68. The van der Waals surface area contributed by atoms with E-state index in [2.05, 4.69) is 4.98 Å². The third-order valence-corrected chi connectivity index (χ3v) is 3.32. The molecule has 122 valence electrons. The minimum absolute atomic E-state index is 0.144. The van der Waals surface area contributed by atoms with E-state index in [-0.39, 0.29) is 17.1 Å². The SMILES string of the molecule is COc1cc(F)ccc1C(C(C)=O)c1ccc(C(F)(F)F)nc1. The van der Waals surface area contributed by atoms with Crippen molar-refractivity contribution in [1.29, 1.82) is 0 Å². The van der Waals surface area contributed by atoms with Crippen LogP contribution in [0.25, 0.3) is 0 Å². The zero-order valence-corrected chi connectivity index (χ0v) is 12.3. The number of hydrogen-bond donors (Lipinski definition) is 0. The number of ether oxygens (including phenoxy) is 1. The lowest BCUT2D eigenvalue weighted by Crippen LogP contribution is -2.14. The Labute approximate surface area is 129 Å². The molecule has 23 heavy (non-hydrogen) atoms. The van der Waals surface area contributed by atoms with Gasteiger partial charge in [0, 0.05) is 17.8 Å². The standard InChI is InChI=1S/C16H13F4NO2/c1-9(22)15(12-5-4-11(17)7-13(12)23-2)10-3-6-14(21-8-10)16(18,19)20/h3-8,15H,1-2H3. The van der Waals surface area contributed by atoms with Crippen LogP contribution >= 0.6 is 0 Å². The maximum absolute atomic E-state index is 13.3. The smallest absolute Gasteiger partial charge is 0.433 e. The van der Waals surface area contributed by atoms with Gasteiger partial charge in [-0.1, -0.05) is 12.1 Å². The van der Waals surface area contributed by atoms with Crippen molar-refractivity contribution >= 4 is 5.78 Å². The van der Waals surface area contributed by atoms with E-state index < -0.39 is 23.6 Å². The molecule has 2 aromatic rings. The highest BCUT2D eigenvalue weighted by Gasteiger charge is 2.33. The summed E-state index contributed by atoms with van der Waals surface area (Å²) in [6.07, 6.45) is -3.56. The normalized spacial score (nSPS) is 12.8. The van der Waals surface area contributed by atoms with E-state index in [4.69, 9.17) is 4.74 Å². The van der Waals surface area contributed by atoms with Gasteiger partial charge in [-0.15, -0.1) is 0 Å². The molecular formula is C16H13F4NO2. The van der Waals surface area contributed by atoms with Gasteiger partial charge in [0.15, 0.2) is 0 Å². The van der Waals surface area contributed by atoms with Crippen molar-refractivity contribution in [2.75, 3.05) is 7.11 Å². The summed E-state index contributed by atoms with van der Waals surface area (Å²) in [4.78, 5) is 15.3. The first kappa shape index (κ1) is 16.9. The number of methoxy groups -OCH3 is 1. The van der Waals surface area contributed by atoms with E-state index in [0.29, 0.717) is 5.56 Å². The van der Waals surface area contributed by atoms with Gasteiger partial charge >= 0.3 is 6.18 Å². The zero-order chi connectivity index (χ0) is 17.2. The molecule has 7 heteroatoms. The lowest BCUT2D eigenvalue weighted by molar-refractivity contribution is -0.141. The van der Waals surface area contributed by atoms with Gasteiger partial charge in [0.05, 0.1) is 13.0 Å². The molecule has 1 aromatic carbocycles. The molecule has 1 atom stereocenters. The van der Waals surface area contributed by atoms with E-state index in [1.165, 1.54) is 26.2 Å². The number of carbonyl (C=O) groups is 1. The van der Waals surface area contributed by atoms with Crippen molar-refractivity contribution < 1.29 is 27.1 Å². The predicted molar refractivity (Wildman–Crippen MR) is 74.7 cm³/mol. The molecule has 1 unspecified atom stereocenters. The summed E-state index contributed by atoms with van der Waals surface area (Å²) in [5.74, 6) is -1.61. The van der Waals surface area contributed by atoms with Crippen LogP contribution in [0, 0.1) is 5.82 Å². The van der Waals surface area contributed by atoms with E-state index in [1.54, 1.807) is 0 Å². The van der Waals surface area contributed by atoms with Crippen molar-refractivity contribution in [3.63, 3.8) is 0 Å². The third-order valence-electron chi connectivity index (χ3n) is 3.32. The van der Waals surface area contributed by atoms with Crippen LogP contribution in [0.3, 0.4) is 0 Å². The molecule has 0 aliphatic rings. The Bertz CT molecular complexity index is 711. The molecule has 0 radical (unpaired) electrons. The zero-order valence-electron chi connectivity index (χ0n) is 12.3. The Hall–Kier alpha value is -2.44. The highest BCUT2D eigenvalue weighted by atomic mass is 19.4. The molecule has 2 rings (SSSR count). The van der Waals surface area contributed by atoms with Crippen molar-refractivity contribution in [3.05, 3.63) is 59.2 Å². The fraction of sp³-hybridized carbons (Fsp3) is 0.250. The van der Waals surface area contributed by atoms with E-state index in [1.807, 2.05) is 0 Å². The van der Waals surface area contributed by atoms with Crippen LogP contribution in [0.5, 0.6) is 5.75 Å². The van der Waals surface area contributed by atoms with Gasteiger partial charge in [-0.2, -0.15) is 13.2 Å². The molecule has 0 aliphatic carbocycles. The number of Topliss-reactive ketones (excluding diaryl/α,β-unsaturated/α-hetero) is 1. The predicted octanol–water partition coefficient (Wildman–Crippen LogP) is 3.97. The van der Waals surface area contributed by atoms with Crippen molar-refractivity contribution in [1.82, 2.24) is 4.98 Å². The molecule has 1 heterocycles. The molecule has 0 spiro atoms. The highest BCUT2D eigenvalue weighted by molar-refractivity contribution is 5.87. The van der Waals surface area contributed by atoms with E-state index in [9.17, 15) is 22.4 Å². The number of hydrogen-bond acceptors (Lipinski definition) is 3. The van der Waals surface area contributed by atoms with Gasteiger partial charge in [0.25, 0.3) is 0 Å². The molecular weight excluding hydrogens is 314 g/mol. The lowest BCUT2D eigenvalue weighted by atomic mass is 9.88. The van der Waals surface area contributed by atoms with Crippen LogP contribution < -0.4 is 4.74 Å². The van der Waals surface area contributed by atoms with Crippen LogP contribution in [0.1, 0.15) is 29.7 Å². The number of carbonyl (C=O) groups excluding carboxylic acids is 1. The first-order chi connectivity index (χ1) is 10.7. The fourth-order valence-electron chi connectivity index (χ4n) is 2.30. The molecule has 0 bridgehead atoms. The van der Waals surface area contributed by atoms with E-state index in [0.717, 1.165) is 24.4 Å². The number of alkyl halides is 3. The number of aromatic nitrogens is 1. The summed E-state index contributed by atoms with van der Waals surface area (Å²) in [5, 5.41) is 0. The maximum atomic E-state index is 13.3. The second-order valence-electron chi connectivity index (χ2n) is 4.90. The van der Waals surface area contributed by atoms with Gasteiger partial charge in [0.1, 0.15) is 23.0 Å². The van der Waals surface area contributed by atoms with Gasteiger partial charge in [-0.25, -0.2) is 4.39 Å². The molecule has 0 N–H and O–H groups in total. The quantitative estimate of drug-likeness (QED) is 0.798. The van der Waals surface area contributed by atoms with Crippen molar-refractivity contribution in [3.8, 4) is 5.75 Å². The summed E-state index contributed by atoms with van der Waals surface area (Å²) < 4.78 is 56.1. The average molecular weight is 327 g/mol. The highest BCUT2D eigenvalue weighted by Crippen LogP contribution is 2.34. The first-order valence-electron chi connectivity index (χ1n) is 6.61. The largest absolute Gasteiger partial charge is 0.496 e. The second kappa shape index (κ2) is 6.36. The second-order valence-corrected chi connectivity index (χ2v) is 4.90. The number of nitrogens with zero attached hydrogens (tertiary/aromatic N) is 1. The molecule has 0 saturated carbocycles. The van der Waals surface area contributed by atoms with Crippen LogP contribution in [0.2, 0.25) is 0 Å². The van der Waals surface area contributed by atoms with Gasteiger partial charge in [-0.3, -0.25) is 9.78 Å². The number of pyridine rings is 1. The Morgan fingerprint density at radius 2 is 1.91 bits per heavy atom. The Balaban J connectivity index is 2.50. The minimum atomic E-state index is -4.56. The molecule has 0 amide bonds. The van der Waals surface area contributed by atoms with Gasteiger partial charge in [-0.05, 0) is 24.6 Å². The Morgan fingerprint density at radius 3 is 2.39 bits per heavy atom. The van der Waals surface area contributed by atoms with Gasteiger partial charge < -0.3 is 4.74 Å². The lowest BCUT2D eigenvalue weighted by Gasteiger charge is -2.18. The topological polar surface area (TPSA) is 39.2 Å². The molecule has 3 nitrogen and oxygen atoms in total.